The molecule has 21 heavy (non-hydrogen) atoms. The predicted octanol–water partition coefficient (Wildman–Crippen LogP) is 1.79. The fourth-order valence-corrected chi connectivity index (χ4v) is 2.22. The zero-order valence-corrected chi connectivity index (χ0v) is 12.4. The Hall–Kier alpha value is -1.92. The molecule has 0 saturated carbocycles. The van der Waals surface area contributed by atoms with E-state index in [4.69, 9.17) is 9.47 Å². The molecule has 1 aromatic carbocycles. The monoisotopic (exact) mass is 296 g/mol. The van der Waals surface area contributed by atoms with E-state index in [0.29, 0.717) is 5.56 Å². The number of aliphatic carboxylic acids is 1. The largest absolute Gasteiger partial charge is 0.479 e. The molecule has 0 fully saturated rings. The Labute approximate surface area is 123 Å². The highest BCUT2D eigenvalue weighted by molar-refractivity contribution is 5.81. The van der Waals surface area contributed by atoms with Crippen molar-refractivity contribution in [2.24, 2.45) is 5.92 Å². The number of esters is 1. The lowest BCUT2D eigenvalue weighted by Gasteiger charge is -2.34. The maximum Gasteiger partial charge on any atom is 0.341 e. The second kappa shape index (κ2) is 7.75. The summed E-state index contributed by atoms with van der Waals surface area (Å²) in [5.74, 6) is -2.31. The highest BCUT2D eigenvalue weighted by atomic mass is 16.7. The molecule has 0 aliphatic heterocycles. The molecule has 0 amide bonds. The van der Waals surface area contributed by atoms with Gasteiger partial charge in [0, 0.05) is 13.0 Å². The molecule has 2 atom stereocenters. The third-order valence-corrected chi connectivity index (χ3v) is 3.32. The van der Waals surface area contributed by atoms with Gasteiger partial charge in [0.15, 0.2) is 5.60 Å². The average molecular weight is 296 g/mol. The van der Waals surface area contributed by atoms with Gasteiger partial charge in [-0.3, -0.25) is 4.79 Å². The van der Waals surface area contributed by atoms with Crippen molar-refractivity contribution in [2.75, 3.05) is 21.0 Å². The number of methoxy groups -OCH3 is 2. The SMILES string of the molecule is COCO[C@](C(=O)O)(c1ccccc1)[C@H](C)CC(=O)OC. The first-order valence-electron chi connectivity index (χ1n) is 6.47. The zero-order valence-electron chi connectivity index (χ0n) is 12.4. The summed E-state index contributed by atoms with van der Waals surface area (Å²) >= 11 is 0. The van der Waals surface area contributed by atoms with Crippen LogP contribution in [0.4, 0.5) is 0 Å². The zero-order chi connectivity index (χ0) is 15.9. The number of rotatable bonds is 8. The lowest BCUT2D eigenvalue weighted by molar-refractivity contribution is -0.198. The van der Waals surface area contributed by atoms with E-state index >= 15 is 0 Å². The Balaban J connectivity index is 3.24. The topological polar surface area (TPSA) is 82.1 Å². The summed E-state index contributed by atoms with van der Waals surface area (Å²) in [5, 5.41) is 9.73. The fraction of sp³-hybridized carbons (Fsp3) is 0.467. The van der Waals surface area contributed by atoms with Gasteiger partial charge in [0.2, 0.25) is 0 Å². The number of ether oxygens (including phenoxy) is 3. The molecule has 1 rings (SSSR count). The van der Waals surface area contributed by atoms with Crippen molar-refractivity contribution in [3.8, 4) is 0 Å². The van der Waals surface area contributed by atoms with Crippen LogP contribution in [-0.2, 0) is 29.4 Å². The molecule has 0 saturated heterocycles. The third-order valence-electron chi connectivity index (χ3n) is 3.32. The standard InChI is InChI=1S/C15H20O6/c1-11(9-13(16)20-3)15(14(17)18,21-10-19-2)12-7-5-4-6-8-12/h4-8,11H,9-10H2,1-3H3,(H,17,18)/t11-,15+/m1/s1. The van der Waals surface area contributed by atoms with E-state index in [-0.39, 0.29) is 13.2 Å². The van der Waals surface area contributed by atoms with Crippen LogP contribution >= 0.6 is 0 Å². The predicted molar refractivity (Wildman–Crippen MR) is 74.5 cm³/mol. The molecular weight excluding hydrogens is 276 g/mol. The van der Waals surface area contributed by atoms with Crippen molar-refractivity contribution in [1.82, 2.24) is 0 Å². The normalized spacial score (nSPS) is 15.0. The Morgan fingerprint density at radius 1 is 1.24 bits per heavy atom. The molecular formula is C15H20O6. The number of benzene rings is 1. The number of hydrogen-bond acceptors (Lipinski definition) is 5. The van der Waals surface area contributed by atoms with E-state index in [0.717, 1.165) is 0 Å². The molecule has 1 N–H and O–H groups in total. The second-order valence-electron chi connectivity index (χ2n) is 4.64. The molecule has 6 heteroatoms. The van der Waals surface area contributed by atoms with Crippen molar-refractivity contribution in [2.45, 2.75) is 18.9 Å². The Kier molecular flexibility index (Phi) is 6.33. The van der Waals surface area contributed by atoms with Crippen LogP contribution in [0.5, 0.6) is 0 Å². The van der Waals surface area contributed by atoms with Gasteiger partial charge in [-0.2, -0.15) is 0 Å². The van der Waals surface area contributed by atoms with E-state index in [1.54, 1.807) is 37.3 Å². The van der Waals surface area contributed by atoms with E-state index < -0.39 is 23.5 Å². The number of carbonyl (C=O) groups excluding carboxylic acids is 1. The number of carboxylic acid groups (broad SMARTS) is 1. The van der Waals surface area contributed by atoms with Crippen molar-refractivity contribution in [3.05, 3.63) is 35.9 Å². The Morgan fingerprint density at radius 2 is 1.86 bits per heavy atom. The molecule has 116 valence electrons. The van der Waals surface area contributed by atoms with Crippen LogP contribution in [0.25, 0.3) is 0 Å². The van der Waals surface area contributed by atoms with Crippen LogP contribution in [-0.4, -0.2) is 38.1 Å². The van der Waals surface area contributed by atoms with E-state index in [1.165, 1.54) is 14.2 Å². The summed E-state index contributed by atoms with van der Waals surface area (Å²) in [6, 6.07) is 8.51. The third kappa shape index (κ3) is 3.80. The molecule has 6 nitrogen and oxygen atoms in total. The van der Waals surface area contributed by atoms with Gasteiger partial charge in [0.05, 0.1) is 13.5 Å². The highest BCUT2D eigenvalue weighted by Crippen LogP contribution is 2.36. The number of carbonyl (C=O) groups is 2. The summed E-state index contributed by atoms with van der Waals surface area (Å²) in [5.41, 5.74) is -1.23. The smallest absolute Gasteiger partial charge is 0.341 e. The Bertz CT molecular complexity index is 472. The molecule has 0 heterocycles. The first-order valence-corrected chi connectivity index (χ1v) is 6.47. The number of carboxylic acids is 1. The van der Waals surface area contributed by atoms with E-state index in [9.17, 15) is 14.7 Å². The van der Waals surface area contributed by atoms with Crippen LogP contribution in [0, 0.1) is 5.92 Å². The van der Waals surface area contributed by atoms with Gasteiger partial charge in [-0.05, 0) is 5.56 Å². The minimum absolute atomic E-state index is 0.0819. The molecule has 0 unspecified atom stereocenters. The lowest BCUT2D eigenvalue weighted by atomic mass is 9.80. The van der Waals surface area contributed by atoms with Gasteiger partial charge in [-0.25, -0.2) is 4.79 Å². The van der Waals surface area contributed by atoms with Gasteiger partial charge >= 0.3 is 11.9 Å². The maximum atomic E-state index is 11.9. The van der Waals surface area contributed by atoms with Crippen molar-refractivity contribution < 1.29 is 28.9 Å². The average Bonchev–Trinajstić information content (AvgIpc) is 2.48. The van der Waals surface area contributed by atoms with Crippen molar-refractivity contribution in [3.63, 3.8) is 0 Å². The molecule has 0 radical (unpaired) electrons. The molecule has 0 aliphatic rings. The fourth-order valence-electron chi connectivity index (χ4n) is 2.22. The van der Waals surface area contributed by atoms with Crippen LogP contribution in [0.2, 0.25) is 0 Å². The molecule has 0 aromatic heterocycles. The first kappa shape index (κ1) is 17.1. The molecule has 0 bridgehead atoms. The second-order valence-corrected chi connectivity index (χ2v) is 4.64. The number of hydrogen-bond donors (Lipinski definition) is 1. The summed E-state index contributed by atoms with van der Waals surface area (Å²) in [6.45, 7) is 1.43. The van der Waals surface area contributed by atoms with Crippen LogP contribution in [0.1, 0.15) is 18.9 Å². The summed E-state index contributed by atoms with van der Waals surface area (Å²) in [6.07, 6.45) is -0.0819. The quantitative estimate of drug-likeness (QED) is 0.581. The Morgan fingerprint density at radius 3 is 2.33 bits per heavy atom. The van der Waals surface area contributed by atoms with Crippen LogP contribution in [0.3, 0.4) is 0 Å². The minimum atomic E-state index is -1.68. The minimum Gasteiger partial charge on any atom is -0.479 e. The molecule has 0 spiro atoms. The lowest BCUT2D eigenvalue weighted by Crippen LogP contribution is -2.46. The van der Waals surface area contributed by atoms with E-state index in [2.05, 4.69) is 4.74 Å². The van der Waals surface area contributed by atoms with Gasteiger partial charge in [0.1, 0.15) is 6.79 Å². The summed E-state index contributed by atoms with van der Waals surface area (Å²) < 4.78 is 15.0. The van der Waals surface area contributed by atoms with Crippen molar-refractivity contribution >= 4 is 11.9 Å². The van der Waals surface area contributed by atoms with Gasteiger partial charge in [0.25, 0.3) is 0 Å². The first-order chi connectivity index (χ1) is 9.98. The van der Waals surface area contributed by atoms with E-state index in [1.807, 2.05) is 0 Å². The summed E-state index contributed by atoms with van der Waals surface area (Å²) in [7, 11) is 2.67. The molecule has 0 aliphatic carbocycles. The van der Waals surface area contributed by atoms with Crippen LogP contribution < -0.4 is 0 Å². The molecule has 1 aromatic rings. The maximum absolute atomic E-state index is 11.9. The van der Waals surface area contributed by atoms with Gasteiger partial charge < -0.3 is 19.3 Å². The van der Waals surface area contributed by atoms with Gasteiger partial charge in [-0.1, -0.05) is 37.3 Å². The summed E-state index contributed by atoms with van der Waals surface area (Å²) in [4.78, 5) is 23.4. The van der Waals surface area contributed by atoms with Crippen molar-refractivity contribution in [1.29, 1.82) is 0 Å². The van der Waals surface area contributed by atoms with Gasteiger partial charge in [-0.15, -0.1) is 0 Å². The highest BCUT2D eigenvalue weighted by Gasteiger charge is 2.47. The van der Waals surface area contributed by atoms with Crippen LogP contribution in [0.15, 0.2) is 30.3 Å².